The SMILES string of the molecule is O=P(c1c(F)cc(F)cc1F)(c1c(F)cc(F)cc1F)c1ccc2ccc3cccc4ccc1c2c34. The third-order valence-corrected chi connectivity index (χ3v) is 9.62. The van der Waals surface area contributed by atoms with Crippen molar-refractivity contribution in [2.45, 2.75) is 0 Å². The second kappa shape index (κ2) is 7.84. The molecular formula is C28H13F6OP. The normalized spacial score (nSPS) is 12.3. The van der Waals surface area contributed by atoms with Gasteiger partial charge in [-0.25, -0.2) is 26.3 Å². The van der Waals surface area contributed by atoms with Gasteiger partial charge in [-0.05, 0) is 38.4 Å². The molecule has 6 rings (SSSR count). The van der Waals surface area contributed by atoms with E-state index in [1.807, 2.05) is 24.3 Å². The van der Waals surface area contributed by atoms with Crippen LogP contribution in [-0.2, 0) is 4.57 Å². The Balaban J connectivity index is 1.84. The van der Waals surface area contributed by atoms with Gasteiger partial charge in [0.15, 0.2) is 7.14 Å². The van der Waals surface area contributed by atoms with Crippen molar-refractivity contribution in [1.82, 2.24) is 0 Å². The lowest BCUT2D eigenvalue weighted by Gasteiger charge is -2.24. The molecule has 0 amide bonds. The molecule has 178 valence electrons. The van der Waals surface area contributed by atoms with Crippen LogP contribution in [0.4, 0.5) is 26.3 Å². The fourth-order valence-electron chi connectivity index (χ4n) is 5.02. The molecule has 0 aliphatic carbocycles. The Bertz CT molecular complexity index is 1770. The zero-order valence-corrected chi connectivity index (χ0v) is 19.0. The van der Waals surface area contributed by atoms with E-state index >= 15 is 17.6 Å². The molecule has 6 aromatic rings. The molecular weight excluding hydrogens is 497 g/mol. The largest absolute Gasteiger partial charge is 0.308 e. The van der Waals surface area contributed by atoms with Crippen LogP contribution in [0.1, 0.15) is 0 Å². The Morgan fingerprint density at radius 1 is 0.500 bits per heavy atom. The van der Waals surface area contributed by atoms with E-state index < -0.39 is 52.7 Å². The van der Waals surface area contributed by atoms with E-state index in [1.165, 1.54) is 12.1 Å². The van der Waals surface area contributed by atoms with Gasteiger partial charge in [0.1, 0.15) is 34.9 Å². The first kappa shape index (κ1) is 22.6. The van der Waals surface area contributed by atoms with Crippen molar-refractivity contribution in [3.63, 3.8) is 0 Å². The first-order valence-corrected chi connectivity index (χ1v) is 12.5. The Labute approximate surface area is 200 Å². The van der Waals surface area contributed by atoms with Crippen molar-refractivity contribution in [2.24, 2.45) is 0 Å². The molecule has 0 aromatic heterocycles. The number of hydrogen-bond donors (Lipinski definition) is 0. The third-order valence-electron chi connectivity index (χ3n) is 6.44. The average molecular weight is 510 g/mol. The molecule has 0 aliphatic rings. The monoisotopic (exact) mass is 510 g/mol. The summed E-state index contributed by atoms with van der Waals surface area (Å²) in [7, 11) is -5.06. The Morgan fingerprint density at radius 3 is 1.42 bits per heavy atom. The van der Waals surface area contributed by atoms with Crippen LogP contribution in [0.5, 0.6) is 0 Å². The molecule has 0 bridgehead atoms. The Morgan fingerprint density at radius 2 is 0.917 bits per heavy atom. The van der Waals surface area contributed by atoms with Gasteiger partial charge in [0, 0.05) is 29.6 Å². The van der Waals surface area contributed by atoms with Crippen molar-refractivity contribution in [3.8, 4) is 0 Å². The summed E-state index contributed by atoms with van der Waals surface area (Å²) in [5, 5.41) is 1.30. The first-order chi connectivity index (χ1) is 17.2. The summed E-state index contributed by atoms with van der Waals surface area (Å²) in [6.07, 6.45) is 0. The molecule has 0 aliphatic heterocycles. The van der Waals surface area contributed by atoms with Crippen molar-refractivity contribution < 1.29 is 30.9 Å². The molecule has 8 heteroatoms. The molecule has 0 saturated carbocycles. The van der Waals surface area contributed by atoms with Crippen molar-refractivity contribution in [1.29, 1.82) is 0 Å². The lowest BCUT2D eigenvalue weighted by Crippen LogP contribution is -2.33. The lowest BCUT2D eigenvalue weighted by atomic mass is 9.94. The van der Waals surface area contributed by atoms with Gasteiger partial charge in [0.05, 0.1) is 10.6 Å². The number of hydrogen-bond acceptors (Lipinski definition) is 1. The van der Waals surface area contributed by atoms with Crippen LogP contribution in [0.2, 0.25) is 0 Å². The smallest absolute Gasteiger partial charge is 0.183 e. The molecule has 0 unspecified atom stereocenters. The maximum Gasteiger partial charge on any atom is 0.183 e. The second-order valence-electron chi connectivity index (χ2n) is 8.49. The first-order valence-electron chi connectivity index (χ1n) is 10.8. The second-order valence-corrected chi connectivity index (χ2v) is 11.1. The molecule has 0 N–H and O–H groups in total. The fraction of sp³-hybridized carbons (Fsp3) is 0. The lowest BCUT2D eigenvalue weighted by molar-refractivity contribution is 0.543. The average Bonchev–Trinajstić information content (AvgIpc) is 2.81. The fourth-order valence-corrected chi connectivity index (χ4v) is 7.99. The molecule has 36 heavy (non-hydrogen) atoms. The zero-order chi connectivity index (χ0) is 25.4. The summed E-state index contributed by atoms with van der Waals surface area (Å²) >= 11 is 0. The molecule has 0 radical (unpaired) electrons. The molecule has 0 fully saturated rings. The van der Waals surface area contributed by atoms with Crippen LogP contribution in [0.25, 0.3) is 32.3 Å². The van der Waals surface area contributed by atoms with E-state index in [4.69, 9.17) is 0 Å². The van der Waals surface area contributed by atoms with Gasteiger partial charge in [0.25, 0.3) is 0 Å². The highest BCUT2D eigenvalue weighted by Gasteiger charge is 2.42. The molecule has 0 atom stereocenters. The van der Waals surface area contributed by atoms with E-state index in [1.54, 1.807) is 18.2 Å². The van der Waals surface area contributed by atoms with Crippen molar-refractivity contribution in [2.75, 3.05) is 0 Å². The van der Waals surface area contributed by atoms with Crippen LogP contribution in [-0.4, -0.2) is 0 Å². The van der Waals surface area contributed by atoms with Gasteiger partial charge in [-0.3, -0.25) is 0 Å². The quantitative estimate of drug-likeness (QED) is 0.142. The highest BCUT2D eigenvalue weighted by molar-refractivity contribution is 7.85. The standard InChI is InChI=1S/C28H13F6OP/c29-17-10-20(31)27(21(32)11-17)36(35,28-22(33)12-18(30)13-23(28)34)24-9-7-16-5-4-14-2-1-3-15-6-8-19(24)26(16)25(14)15/h1-13H. The third kappa shape index (κ3) is 3.09. The van der Waals surface area contributed by atoms with Gasteiger partial charge in [-0.2, -0.15) is 0 Å². The topological polar surface area (TPSA) is 17.1 Å². The maximum absolute atomic E-state index is 15.1. The molecule has 0 spiro atoms. The van der Waals surface area contributed by atoms with Crippen LogP contribution in [0, 0.1) is 34.9 Å². The minimum absolute atomic E-state index is 0.242. The minimum atomic E-state index is -5.06. The van der Waals surface area contributed by atoms with Crippen molar-refractivity contribution >= 4 is 55.4 Å². The molecule has 0 saturated heterocycles. The van der Waals surface area contributed by atoms with E-state index in [0.717, 1.165) is 16.2 Å². The Hall–Kier alpha value is -3.83. The van der Waals surface area contributed by atoms with Gasteiger partial charge >= 0.3 is 0 Å². The maximum atomic E-state index is 15.1. The predicted octanol–water partition coefficient (Wildman–Crippen LogP) is 7.06. The van der Waals surface area contributed by atoms with E-state index in [2.05, 4.69) is 0 Å². The molecule has 1 nitrogen and oxygen atoms in total. The van der Waals surface area contributed by atoms with Gasteiger partial charge < -0.3 is 4.57 Å². The summed E-state index contributed by atoms with van der Waals surface area (Å²) in [5.74, 6) is -8.91. The number of benzene rings is 6. The summed E-state index contributed by atoms with van der Waals surface area (Å²) in [4.78, 5) is 0. The zero-order valence-electron chi connectivity index (χ0n) is 18.1. The van der Waals surface area contributed by atoms with E-state index in [0.29, 0.717) is 35.0 Å². The minimum Gasteiger partial charge on any atom is -0.308 e. The van der Waals surface area contributed by atoms with Gasteiger partial charge in [-0.15, -0.1) is 0 Å². The molecule has 6 aromatic carbocycles. The summed E-state index contributed by atoms with van der Waals surface area (Å²) in [6.45, 7) is 0. The van der Waals surface area contributed by atoms with Gasteiger partial charge in [-0.1, -0.05) is 48.5 Å². The summed E-state index contributed by atoms with van der Waals surface area (Å²) in [6, 6.07) is 16.5. The Kier molecular flexibility index (Phi) is 4.92. The van der Waals surface area contributed by atoms with Gasteiger partial charge in [0.2, 0.25) is 0 Å². The van der Waals surface area contributed by atoms with Crippen molar-refractivity contribution in [3.05, 3.63) is 114 Å². The molecule has 0 heterocycles. The summed E-state index contributed by atoms with van der Waals surface area (Å²) in [5.41, 5.74) is 0. The van der Waals surface area contributed by atoms with E-state index in [-0.39, 0.29) is 10.7 Å². The predicted molar refractivity (Wildman–Crippen MR) is 129 cm³/mol. The van der Waals surface area contributed by atoms with Crippen LogP contribution < -0.4 is 15.9 Å². The van der Waals surface area contributed by atoms with Crippen LogP contribution in [0.15, 0.2) is 78.9 Å². The van der Waals surface area contributed by atoms with Crippen LogP contribution >= 0.6 is 7.14 Å². The number of halogens is 6. The highest BCUT2D eigenvalue weighted by atomic mass is 31.2. The van der Waals surface area contributed by atoms with Crippen LogP contribution in [0.3, 0.4) is 0 Å². The summed E-state index contributed by atoms with van der Waals surface area (Å²) < 4.78 is 103. The highest BCUT2D eigenvalue weighted by Crippen LogP contribution is 2.49. The van der Waals surface area contributed by atoms with E-state index in [9.17, 15) is 13.3 Å². The number of rotatable bonds is 3.